The number of rotatable bonds is 2. The molecule has 0 bridgehead atoms. The van der Waals surface area contributed by atoms with Crippen molar-refractivity contribution in [3.63, 3.8) is 0 Å². The average molecular weight is 344 g/mol. The Morgan fingerprint density at radius 2 is 2.00 bits per heavy atom. The minimum atomic E-state index is -0.300. The Labute approximate surface area is 136 Å². The van der Waals surface area contributed by atoms with Crippen LogP contribution >= 0.6 is 34.8 Å². The van der Waals surface area contributed by atoms with Crippen molar-refractivity contribution in [2.75, 3.05) is 0 Å². The van der Waals surface area contributed by atoms with Crippen molar-refractivity contribution in [2.24, 2.45) is 0 Å². The second-order valence-corrected chi connectivity index (χ2v) is 5.71. The van der Waals surface area contributed by atoms with Crippen molar-refractivity contribution in [2.45, 2.75) is 12.8 Å². The van der Waals surface area contributed by atoms with Crippen LogP contribution in [-0.4, -0.2) is 9.55 Å². The highest BCUT2D eigenvalue weighted by molar-refractivity contribution is 6.43. The van der Waals surface area contributed by atoms with Crippen LogP contribution in [0, 0.1) is 12.7 Å². The molecule has 2 nitrogen and oxygen atoms in total. The molecule has 0 atom stereocenters. The van der Waals surface area contributed by atoms with Gasteiger partial charge in [-0.2, -0.15) is 0 Å². The molecule has 0 N–H and O–H groups in total. The highest BCUT2D eigenvalue weighted by Crippen LogP contribution is 2.33. The number of halogens is 4. The molecule has 2 aromatic carbocycles. The lowest BCUT2D eigenvalue weighted by molar-refractivity contribution is 0.620. The fourth-order valence-corrected chi connectivity index (χ4v) is 2.84. The van der Waals surface area contributed by atoms with Crippen LogP contribution in [-0.2, 0) is 5.88 Å². The topological polar surface area (TPSA) is 17.8 Å². The third-order valence-electron chi connectivity index (χ3n) is 3.30. The van der Waals surface area contributed by atoms with Crippen LogP contribution in [0.5, 0.6) is 0 Å². The van der Waals surface area contributed by atoms with Crippen molar-refractivity contribution in [1.82, 2.24) is 9.55 Å². The average Bonchev–Trinajstić information content (AvgIpc) is 2.80. The van der Waals surface area contributed by atoms with E-state index in [2.05, 4.69) is 4.98 Å². The fraction of sp³-hybridized carbons (Fsp3) is 0.133. The quantitative estimate of drug-likeness (QED) is 0.560. The molecule has 0 unspecified atom stereocenters. The standard InChI is InChI=1S/C15H10Cl3FN2/c1-8-5-13-11(6-10(8)19)20-14(7-16)21(13)12-4-2-3-9(17)15(12)18/h2-6H,7H2,1H3. The van der Waals surface area contributed by atoms with Crippen molar-refractivity contribution < 1.29 is 4.39 Å². The molecule has 108 valence electrons. The van der Waals surface area contributed by atoms with Gasteiger partial charge in [0.15, 0.2) is 0 Å². The molecule has 0 saturated carbocycles. The van der Waals surface area contributed by atoms with Gasteiger partial charge in [0.2, 0.25) is 0 Å². The Kier molecular flexibility index (Phi) is 3.82. The first kappa shape index (κ1) is 14.6. The molecule has 0 amide bonds. The number of nitrogens with zero attached hydrogens (tertiary/aromatic N) is 2. The summed E-state index contributed by atoms with van der Waals surface area (Å²) in [6, 6.07) is 8.45. The number of fused-ring (bicyclic) bond motifs is 1. The third kappa shape index (κ3) is 2.39. The van der Waals surface area contributed by atoms with E-state index < -0.39 is 0 Å². The molecule has 0 fully saturated rings. The largest absolute Gasteiger partial charge is 0.294 e. The summed E-state index contributed by atoms with van der Waals surface area (Å²) in [7, 11) is 0. The number of benzene rings is 2. The van der Waals surface area contributed by atoms with Crippen LogP contribution in [0.3, 0.4) is 0 Å². The number of hydrogen-bond acceptors (Lipinski definition) is 1. The van der Waals surface area contributed by atoms with Gasteiger partial charge in [0.1, 0.15) is 11.6 Å². The van der Waals surface area contributed by atoms with Crippen molar-refractivity contribution in [1.29, 1.82) is 0 Å². The SMILES string of the molecule is Cc1cc2c(cc1F)nc(CCl)n2-c1cccc(Cl)c1Cl. The minimum absolute atomic E-state index is 0.179. The smallest absolute Gasteiger partial charge is 0.129 e. The fourth-order valence-electron chi connectivity index (χ4n) is 2.28. The summed E-state index contributed by atoms with van der Waals surface area (Å²) in [5.74, 6) is 0.462. The number of imidazole rings is 1. The normalized spacial score (nSPS) is 11.3. The van der Waals surface area contributed by atoms with Gasteiger partial charge in [0.05, 0.1) is 32.6 Å². The first-order chi connectivity index (χ1) is 10.0. The van der Waals surface area contributed by atoms with Crippen LogP contribution in [0.1, 0.15) is 11.4 Å². The Bertz CT molecular complexity index is 843. The van der Waals surface area contributed by atoms with E-state index in [9.17, 15) is 4.39 Å². The summed E-state index contributed by atoms with van der Waals surface area (Å²) in [4.78, 5) is 4.37. The van der Waals surface area contributed by atoms with E-state index in [1.54, 1.807) is 25.1 Å². The number of alkyl halides is 1. The van der Waals surface area contributed by atoms with Crippen LogP contribution in [0.4, 0.5) is 4.39 Å². The lowest BCUT2D eigenvalue weighted by Gasteiger charge is -2.11. The van der Waals surface area contributed by atoms with Gasteiger partial charge >= 0.3 is 0 Å². The molecule has 21 heavy (non-hydrogen) atoms. The predicted molar refractivity (Wildman–Crippen MR) is 85.3 cm³/mol. The summed E-state index contributed by atoms with van der Waals surface area (Å²) >= 11 is 18.3. The molecule has 0 aliphatic heterocycles. The molecule has 0 radical (unpaired) electrons. The maximum absolute atomic E-state index is 13.7. The third-order valence-corrected chi connectivity index (χ3v) is 4.34. The second kappa shape index (κ2) is 5.48. The van der Waals surface area contributed by atoms with Gasteiger partial charge in [0, 0.05) is 6.07 Å². The van der Waals surface area contributed by atoms with E-state index in [4.69, 9.17) is 34.8 Å². The minimum Gasteiger partial charge on any atom is -0.294 e. The number of aryl methyl sites for hydroxylation is 1. The van der Waals surface area contributed by atoms with Crippen LogP contribution in [0.15, 0.2) is 30.3 Å². The summed E-state index contributed by atoms with van der Waals surface area (Å²) in [5, 5.41) is 0.849. The Balaban J connectivity index is 2.40. The highest BCUT2D eigenvalue weighted by Gasteiger charge is 2.16. The van der Waals surface area contributed by atoms with E-state index in [1.807, 2.05) is 10.6 Å². The Morgan fingerprint density at radius 3 is 2.71 bits per heavy atom. The molecule has 0 aliphatic rings. The molecular weight excluding hydrogens is 334 g/mol. The van der Waals surface area contributed by atoms with E-state index in [0.29, 0.717) is 32.6 Å². The van der Waals surface area contributed by atoms with E-state index in [1.165, 1.54) is 6.07 Å². The molecular formula is C15H10Cl3FN2. The maximum atomic E-state index is 13.7. The molecule has 1 heterocycles. The Morgan fingerprint density at radius 1 is 1.24 bits per heavy atom. The highest BCUT2D eigenvalue weighted by atomic mass is 35.5. The molecule has 0 saturated heterocycles. The maximum Gasteiger partial charge on any atom is 0.129 e. The first-order valence-corrected chi connectivity index (χ1v) is 7.49. The van der Waals surface area contributed by atoms with Crippen molar-refractivity contribution in [3.8, 4) is 5.69 Å². The van der Waals surface area contributed by atoms with Crippen molar-refractivity contribution >= 4 is 45.8 Å². The van der Waals surface area contributed by atoms with Gasteiger partial charge in [-0.05, 0) is 30.7 Å². The molecule has 6 heteroatoms. The molecule has 0 aliphatic carbocycles. The van der Waals surface area contributed by atoms with E-state index >= 15 is 0 Å². The Hall–Kier alpha value is -1.29. The summed E-state index contributed by atoms with van der Waals surface area (Å²) < 4.78 is 15.5. The number of aromatic nitrogens is 2. The lowest BCUT2D eigenvalue weighted by Crippen LogP contribution is -2.00. The number of hydrogen-bond donors (Lipinski definition) is 0. The van der Waals surface area contributed by atoms with Crippen molar-refractivity contribution in [3.05, 3.63) is 57.6 Å². The zero-order valence-corrected chi connectivity index (χ0v) is 13.3. The molecule has 3 aromatic rings. The molecule has 1 aromatic heterocycles. The van der Waals surface area contributed by atoms with Crippen LogP contribution in [0.2, 0.25) is 10.0 Å². The molecule has 0 spiro atoms. The zero-order chi connectivity index (χ0) is 15.1. The van der Waals surface area contributed by atoms with Crippen LogP contribution < -0.4 is 0 Å². The van der Waals surface area contributed by atoms with E-state index in [-0.39, 0.29) is 11.7 Å². The van der Waals surface area contributed by atoms with Gasteiger partial charge in [-0.25, -0.2) is 9.37 Å². The van der Waals surface area contributed by atoms with Gasteiger partial charge in [0.25, 0.3) is 0 Å². The monoisotopic (exact) mass is 342 g/mol. The summed E-state index contributed by atoms with van der Waals surface area (Å²) in [5.41, 5.74) is 2.48. The van der Waals surface area contributed by atoms with Gasteiger partial charge in [-0.1, -0.05) is 29.3 Å². The second-order valence-electron chi connectivity index (χ2n) is 4.66. The van der Waals surface area contributed by atoms with Gasteiger partial charge < -0.3 is 0 Å². The van der Waals surface area contributed by atoms with Gasteiger partial charge in [-0.15, -0.1) is 11.6 Å². The zero-order valence-electron chi connectivity index (χ0n) is 11.0. The summed E-state index contributed by atoms with van der Waals surface area (Å²) in [6.07, 6.45) is 0. The molecule has 3 rings (SSSR count). The first-order valence-electron chi connectivity index (χ1n) is 6.20. The predicted octanol–water partition coefficient (Wildman–Crippen LogP) is 5.52. The lowest BCUT2D eigenvalue weighted by atomic mass is 10.2. The van der Waals surface area contributed by atoms with Crippen LogP contribution in [0.25, 0.3) is 16.7 Å². The summed E-state index contributed by atoms with van der Waals surface area (Å²) in [6.45, 7) is 1.70. The van der Waals surface area contributed by atoms with E-state index in [0.717, 1.165) is 5.52 Å². The van der Waals surface area contributed by atoms with Gasteiger partial charge in [-0.3, -0.25) is 4.57 Å².